The van der Waals surface area contributed by atoms with E-state index in [9.17, 15) is 13.2 Å². The average molecular weight is 502 g/mol. The summed E-state index contributed by atoms with van der Waals surface area (Å²) in [6.45, 7) is -0.466. The summed E-state index contributed by atoms with van der Waals surface area (Å²) in [5, 5.41) is 4.49. The number of sulfonamides is 1. The summed E-state index contributed by atoms with van der Waals surface area (Å²) >= 11 is 5.94. The van der Waals surface area contributed by atoms with Gasteiger partial charge in [0.05, 0.1) is 37.4 Å². The predicted octanol–water partition coefficient (Wildman–Crippen LogP) is 3.70. The second kappa shape index (κ2) is 11.6. The van der Waals surface area contributed by atoms with E-state index in [0.29, 0.717) is 27.6 Å². The minimum Gasteiger partial charge on any atom is -0.496 e. The summed E-state index contributed by atoms with van der Waals surface area (Å²) < 4.78 is 38.2. The Hall–Kier alpha value is -3.40. The molecule has 0 bridgehead atoms. The molecule has 3 aromatic carbocycles. The van der Waals surface area contributed by atoms with Crippen LogP contribution < -0.4 is 14.9 Å². The molecule has 0 spiro atoms. The van der Waals surface area contributed by atoms with E-state index in [-0.39, 0.29) is 11.4 Å². The van der Waals surface area contributed by atoms with Crippen LogP contribution in [0.25, 0.3) is 0 Å². The summed E-state index contributed by atoms with van der Waals surface area (Å²) in [6.07, 6.45) is 1.38. The Balaban J connectivity index is 1.80. The molecule has 8 nitrogen and oxygen atoms in total. The van der Waals surface area contributed by atoms with Gasteiger partial charge in [0.15, 0.2) is 0 Å². The number of rotatable bonds is 10. The molecule has 0 heterocycles. The number of benzene rings is 3. The lowest BCUT2D eigenvalue weighted by Crippen LogP contribution is -2.39. The smallest absolute Gasteiger partial charge is 0.255 e. The van der Waals surface area contributed by atoms with Gasteiger partial charge in [0.2, 0.25) is 10.0 Å². The Bertz CT molecular complexity index is 1230. The van der Waals surface area contributed by atoms with Crippen LogP contribution in [-0.4, -0.2) is 45.6 Å². The third kappa shape index (κ3) is 6.34. The van der Waals surface area contributed by atoms with E-state index >= 15 is 0 Å². The molecule has 3 aromatic rings. The van der Waals surface area contributed by atoms with Crippen LogP contribution in [0.3, 0.4) is 0 Å². The van der Waals surface area contributed by atoms with Crippen LogP contribution in [0.5, 0.6) is 11.5 Å². The monoisotopic (exact) mass is 501 g/mol. The first-order valence-corrected chi connectivity index (χ1v) is 12.0. The summed E-state index contributed by atoms with van der Waals surface area (Å²) in [7, 11) is -0.940. The third-order valence-electron chi connectivity index (χ3n) is 4.82. The van der Waals surface area contributed by atoms with Crippen molar-refractivity contribution in [3.8, 4) is 11.5 Å². The van der Waals surface area contributed by atoms with Crippen LogP contribution in [-0.2, 0) is 21.4 Å². The Morgan fingerprint density at radius 2 is 1.59 bits per heavy atom. The molecule has 0 aliphatic heterocycles. The maximum atomic E-state index is 13.2. The number of ether oxygens (including phenoxy) is 2. The fourth-order valence-electron chi connectivity index (χ4n) is 3.13. The maximum absolute atomic E-state index is 13.2. The molecule has 0 aliphatic carbocycles. The highest BCUT2D eigenvalue weighted by Gasteiger charge is 2.26. The molecule has 1 amide bonds. The third-order valence-corrected chi connectivity index (χ3v) is 6.88. The minimum atomic E-state index is -3.96. The van der Waals surface area contributed by atoms with E-state index in [2.05, 4.69) is 10.5 Å². The molecule has 0 atom stereocenters. The number of carbonyl (C=O) groups excluding carboxylic acids is 1. The van der Waals surface area contributed by atoms with Crippen molar-refractivity contribution in [2.45, 2.75) is 11.4 Å². The molecule has 0 saturated heterocycles. The van der Waals surface area contributed by atoms with Gasteiger partial charge in [-0.15, -0.1) is 0 Å². The van der Waals surface area contributed by atoms with Crippen LogP contribution in [0.15, 0.2) is 82.8 Å². The number of carbonyl (C=O) groups is 1. The van der Waals surface area contributed by atoms with Gasteiger partial charge in [-0.1, -0.05) is 48.0 Å². The zero-order chi connectivity index (χ0) is 24.6. The van der Waals surface area contributed by atoms with Gasteiger partial charge in [0, 0.05) is 11.6 Å². The molecule has 0 unspecified atom stereocenters. The number of halogens is 1. The maximum Gasteiger partial charge on any atom is 0.255 e. The molecule has 1 N–H and O–H groups in total. The number of nitrogens with zero attached hydrogens (tertiary/aromatic N) is 2. The number of amides is 1. The van der Waals surface area contributed by atoms with Crippen molar-refractivity contribution < 1.29 is 22.7 Å². The van der Waals surface area contributed by atoms with E-state index in [1.54, 1.807) is 60.7 Å². The molecule has 178 valence electrons. The van der Waals surface area contributed by atoms with E-state index in [1.165, 1.54) is 32.6 Å². The standard InChI is InChI=1S/C24H24ClN3O5S/c1-32-22-9-6-10-23(33-2)21(22)15-26-27-24(29)17-28(16-18-11-13-19(25)14-12-18)34(30,31)20-7-4-3-5-8-20/h3-15H,16-17H2,1-2H3,(H,27,29)/b26-15-. The van der Waals surface area contributed by atoms with E-state index in [4.69, 9.17) is 21.1 Å². The van der Waals surface area contributed by atoms with Gasteiger partial charge in [-0.2, -0.15) is 9.41 Å². The normalized spacial score (nSPS) is 11.5. The van der Waals surface area contributed by atoms with Crippen molar-refractivity contribution in [3.63, 3.8) is 0 Å². The van der Waals surface area contributed by atoms with Crippen molar-refractivity contribution in [2.24, 2.45) is 5.10 Å². The molecular weight excluding hydrogens is 478 g/mol. The number of hydrogen-bond donors (Lipinski definition) is 1. The van der Waals surface area contributed by atoms with E-state index in [0.717, 1.165) is 4.31 Å². The van der Waals surface area contributed by atoms with Crippen LogP contribution in [0, 0.1) is 0 Å². The lowest BCUT2D eigenvalue weighted by atomic mass is 10.2. The molecule has 3 rings (SSSR count). The molecule has 0 aromatic heterocycles. The SMILES string of the molecule is COc1cccc(OC)c1/C=N\NC(=O)CN(Cc1ccc(Cl)cc1)S(=O)(=O)c1ccccc1. The molecule has 0 fully saturated rings. The quantitative estimate of drug-likeness (QED) is 0.337. The van der Waals surface area contributed by atoms with Crippen molar-refractivity contribution in [2.75, 3.05) is 20.8 Å². The number of hydrazone groups is 1. The van der Waals surface area contributed by atoms with Gasteiger partial charge >= 0.3 is 0 Å². The first kappa shape index (κ1) is 25.2. The summed E-state index contributed by atoms with van der Waals surface area (Å²) in [6, 6.07) is 19.9. The number of nitrogens with one attached hydrogen (secondary N) is 1. The van der Waals surface area contributed by atoms with E-state index in [1.807, 2.05) is 0 Å². The van der Waals surface area contributed by atoms with Crippen molar-refractivity contribution >= 4 is 33.7 Å². The lowest BCUT2D eigenvalue weighted by Gasteiger charge is -2.21. The van der Waals surface area contributed by atoms with Crippen molar-refractivity contribution in [1.29, 1.82) is 0 Å². The summed E-state index contributed by atoms with van der Waals surface area (Å²) in [5.74, 6) is 0.403. The zero-order valence-corrected chi connectivity index (χ0v) is 20.2. The highest BCUT2D eigenvalue weighted by Crippen LogP contribution is 2.26. The van der Waals surface area contributed by atoms with E-state index < -0.39 is 22.5 Å². The second-order valence-electron chi connectivity index (χ2n) is 7.08. The van der Waals surface area contributed by atoms with Crippen LogP contribution >= 0.6 is 11.6 Å². The molecule has 0 aliphatic rings. The van der Waals surface area contributed by atoms with Crippen LogP contribution in [0.1, 0.15) is 11.1 Å². The first-order valence-electron chi connectivity index (χ1n) is 10.2. The molecule has 10 heteroatoms. The molecule has 34 heavy (non-hydrogen) atoms. The fourth-order valence-corrected chi connectivity index (χ4v) is 4.66. The lowest BCUT2D eigenvalue weighted by molar-refractivity contribution is -0.121. The Morgan fingerprint density at radius 1 is 0.971 bits per heavy atom. The van der Waals surface area contributed by atoms with Crippen molar-refractivity contribution in [1.82, 2.24) is 9.73 Å². The van der Waals surface area contributed by atoms with Gasteiger partial charge in [0.1, 0.15) is 11.5 Å². The summed E-state index contributed by atoms with van der Waals surface area (Å²) in [4.78, 5) is 12.7. The number of hydrogen-bond acceptors (Lipinski definition) is 6. The van der Waals surface area contributed by atoms with Crippen LogP contribution in [0.2, 0.25) is 5.02 Å². The van der Waals surface area contributed by atoms with Gasteiger partial charge < -0.3 is 9.47 Å². The van der Waals surface area contributed by atoms with Gasteiger partial charge in [-0.3, -0.25) is 4.79 Å². The topological polar surface area (TPSA) is 97.3 Å². The van der Waals surface area contributed by atoms with Gasteiger partial charge in [-0.05, 0) is 42.0 Å². The Kier molecular flexibility index (Phi) is 8.64. The zero-order valence-electron chi connectivity index (χ0n) is 18.6. The molecular formula is C24H24ClN3O5S. The van der Waals surface area contributed by atoms with Gasteiger partial charge in [-0.25, -0.2) is 13.8 Å². The molecule has 0 radical (unpaired) electrons. The Morgan fingerprint density at radius 3 is 2.18 bits per heavy atom. The minimum absolute atomic E-state index is 0.0220. The predicted molar refractivity (Wildman–Crippen MR) is 131 cm³/mol. The highest BCUT2D eigenvalue weighted by atomic mass is 35.5. The Labute approximate surface area is 203 Å². The van der Waals surface area contributed by atoms with Crippen molar-refractivity contribution in [3.05, 3.63) is 88.9 Å². The van der Waals surface area contributed by atoms with Gasteiger partial charge in [0.25, 0.3) is 5.91 Å². The largest absolute Gasteiger partial charge is 0.496 e. The van der Waals surface area contributed by atoms with Crippen LogP contribution in [0.4, 0.5) is 0 Å². The highest BCUT2D eigenvalue weighted by molar-refractivity contribution is 7.89. The first-order chi connectivity index (χ1) is 16.3. The average Bonchev–Trinajstić information content (AvgIpc) is 2.85. The second-order valence-corrected chi connectivity index (χ2v) is 9.46. The summed E-state index contributed by atoms with van der Waals surface area (Å²) in [5.41, 5.74) is 3.58. The number of methoxy groups -OCH3 is 2. The molecule has 0 saturated carbocycles. The fraction of sp³-hybridized carbons (Fsp3) is 0.167.